The van der Waals surface area contributed by atoms with Crippen LogP contribution < -0.4 is 4.90 Å². The van der Waals surface area contributed by atoms with Crippen molar-refractivity contribution in [1.82, 2.24) is 9.36 Å². The van der Waals surface area contributed by atoms with Crippen molar-refractivity contribution in [3.63, 3.8) is 0 Å². The maximum absolute atomic E-state index is 9.91. The van der Waals surface area contributed by atoms with Gasteiger partial charge in [0.2, 0.25) is 5.13 Å². The summed E-state index contributed by atoms with van der Waals surface area (Å²) in [5.41, 5.74) is 1.22. The first-order valence-corrected chi connectivity index (χ1v) is 6.81. The van der Waals surface area contributed by atoms with E-state index >= 15 is 0 Å². The monoisotopic (exact) mass is 261 g/mol. The van der Waals surface area contributed by atoms with Gasteiger partial charge in [-0.2, -0.15) is 4.37 Å². The maximum atomic E-state index is 9.91. The Labute approximate surface area is 110 Å². The second kappa shape index (κ2) is 4.66. The highest BCUT2D eigenvalue weighted by Crippen LogP contribution is 2.36. The fourth-order valence-electron chi connectivity index (χ4n) is 2.42. The highest BCUT2D eigenvalue weighted by Gasteiger charge is 2.33. The molecule has 18 heavy (non-hydrogen) atoms. The number of benzene rings is 1. The zero-order valence-corrected chi connectivity index (χ0v) is 11.0. The van der Waals surface area contributed by atoms with Gasteiger partial charge in [-0.1, -0.05) is 30.3 Å². The summed E-state index contributed by atoms with van der Waals surface area (Å²) in [7, 11) is 0. The van der Waals surface area contributed by atoms with Crippen LogP contribution in [0.5, 0.6) is 0 Å². The fraction of sp³-hybridized carbons (Fsp3) is 0.385. The van der Waals surface area contributed by atoms with Crippen molar-refractivity contribution >= 4 is 16.7 Å². The molecule has 0 aliphatic carbocycles. The van der Waals surface area contributed by atoms with Crippen LogP contribution in [0, 0.1) is 6.92 Å². The number of β-amino-alcohol motifs (C(OH)–C–C–N with tert-alkyl or cyclic N) is 1. The molecule has 0 amide bonds. The topological polar surface area (TPSA) is 49.2 Å². The predicted octanol–water partition coefficient (Wildman–Crippen LogP) is 2.16. The van der Waals surface area contributed by atoms with Crippen LogP contribution in [-0.2, 0) is 0 Å². The van der Waals surface area contributed by atoms with E-state index in [1.807, 2.05) is 25.1 Å². The molecule has 94 valence electrons. The minimum atomic E-state index is -0.292. The molecule has 3 rings (SSSR count). The van der Waals surface area contributed by atoms with E-state index in [9.17, 15) is 5.11 Å². The molecule has 0 unspecified atom stereocenters. The maximum Gasteiger partial charge on any atom is 0.205 e. The number of aliphatic hydroxyl groups excluding tert-OH is 1. The summed E-state index contributed by atoms with van der Waals surface area (Å²) in [4.78, 5) is 6.58. The van der Waals surface area contributed by atoms with Crippen LogP contribution >= 0.6 is 11.5 Å². The van der Waals surface area contributed by atoms with Gasteiger partial charge >= 0.3 is 0 Å². The van der Waals surface area contributed by atoms with Crippen molar-refractivity contribution in [3.05, 3.63) is 41.7 Å². The Morgan fingerprint density at radius 1 is 1.33 bits per heavy atom. The van der Waals surface area contributed by atoms with Crippen LogP contribution in [0.2, 0.25) is 0 Å². The van der Waals surface area contributed by atoms with Crippen molar-refractivity contribution in [2.45, 2.75) is 25.5 Å². The van der Waals surface area contributed by atoms with E-state index in [1.165, 1.54) is 17.1 Å². The van der Waals surface area contributed by atoms with Gasteiger partial charge in [0.1, 0.15) is 5.82 Å². The van der Waals surface area contributed by atoms with Crippen LogP contribution in [0.4, 0.5) is 5.13 Å². The lowest BCUT2D eigenvalue weighted by Gasteiger charge is -2.23. The standard InChI is InChI=1S/C13H15N3OS/c1-9-14-13(18-15-9)16-8-11(17)7-12(16)10-5-3-2-4-6-10/h2-6,11-12,17H,7-8H2,1H3/t11-,12+/m0/s1. The van der Waals surface area contributed by atoms with Crippen LogP contribution in [0.1, 0.15) is 23.9 Å². The Morgan fingerprint density at radius 3 is 2.78 bits per heavy atom. The first-order valence-electron chi connectivity index (χ1n) is 6.04. The lowest BCUT2D eigenvalue weighted by atomic mass is 10.0. The molecule has 1 aromatic carbocycles. The number of hydrogen-bond donors (Lipinski definition) is 1. The van der Waals surface area contributed by atoms with Gasteiger partial charge in [-0.05, 0) is 18.9 Å². The van der Waals surface area contributed by atoms with Crippen LogP contribution in [0.3, 0.4) is 0 Å². The summed E-state index contributed by atoms with van der Waals surface area (Å²) < 4.78 is 4.22. The summed E-state index contributed by atoms with van der Waals surface area (Å²) in [5.74, 6) is 0.795. The molecule has 5 heteroatoms. The van der Waals surface area contributed by atoms with E-state index in [4.69, 9.17) is 0 Å². The van der Waals surface area contributed by atoms with Crippen molar-refractivity contribution < 1.29 is 5.11 Å². The van der Waals surface area contributed by atoms with E-state index in [1.54, 1.807) is 0 Å². The molecule has 1 saturated heterocycles. The quantitative estimate of drug-likeness (QED) is 0.900. The number of nitrogens with zero attached hydrogens (tertiary/aromatic N) is 3. The van der Waals surface area contributed by atoms with Gasteiger partial charge in [-0.25, -0.2) is 4.98 Å². The minimum Gasteiger partial charge on any atom is -0.391 e. The molecule has 1 aliphatic rings. The number of aromatic nitrogens is 2. The van der Waals surface area contributed by atoms with E-state index in [0.717, 1.165) is 17.4 Å². The van der Waals surface area contributed by atoms with Crippen molar-refractivity contribution in [1.29, 1.82) is 0 Å². The molecular formula is C13H15N3OS. The number of anilines is 1. The van der Waals surface area contributed by atoms with Crippen LogP contribution in [-0.4, -0.2) is 27.1 Å². The molecule has 1 aromatic heterocycles. The van der Waals surface area contributed by atoms with Gasteiger partial charge in [0.15, 0.2) is 0 Å². The summed E-state index contributed by atoms with van der Waals surface area (Å²) in [5, 5.41) is 10.8. The highest BCUT2D eigenvalue weighted by molar-refractivity contribution is 7.09. The molecule has 0 bridgehead atoms. The van der Waals surface area contributed by atoms with Gasteiger partial charge in [-0.15, -0.1) is 0 Å². The number of aryl methyl sites for hydroxylation is 1. The Balaban J connectivity index is 1.93. The Hall–Kier alpha value is -1.46. The third kappa shape index (κ3) is 2.11. The molecule has 2 atom stereocenters. The molecule has 0 spiro atoms. The smallest absolute Gasteiger partial charge is 0.205 e. The second-order valence-electron chi connectivity index (χ2n) is 4.59. The molecular weight excluding hydrogens is 246 g/mol. The van der Waals surface area contributed by atoms with Crippen LogP contribution in [0.25, 0.3) is 0 Å². The van der Waals surface area contributed by atoms with Gasteiger partial charge in [-0.3, -0.25) is 0 Å². The van der Waals surface area contributed by atoms with Crippen molar-refractivity contribution in [2.24, 2.45) is 0 Å². The van der Waals surface area contributed by atoms with Gasteiger partial charge in [0.25, 0.3) is 0 Å². The summed E-state index contributed by atoms with van der Waals surface area (Å²) in [6.07, 6.45) is 0.460. The molecule has 1 N–H and O–H groups in total. The average molecular weight is 261 g/mol. The summed E-state index contributed by atoms with van der Waals surface area (Å²) in [6, 6.07) is 10.5. The highest BCUT2D eigenvalue weighted by atomic mass is 32.1. The zero-order chi connectivity index (χ0) is 12.5. The Kier molecular flexibility index (Phi) is 3.01. The largest absolute Gasteiger partial charge is 0.391 e. The fourth-order valence-corrected chi connectivity index (χ4v) is 3.15. The molecule has 2 heterocycles. The predicted molar refractivity (Wildman–Crippen MR) is 71.8 cm³/mol. The first kappa shape index (κ1) is 11.6. The Morgan fingerprint density at radius 2 is 2.11 bits per heavy atom. The van der Waals surface area contributed by atoms with Gasteiger partial charge < -0.3 is 10.0 Å². The molecule has 0 saturated carbocycles. The van der Waals surface area contributed by atoms with Gasteiger partial charge in [0.05, 0.1) is 12.1 Å². The molecule has 1 fully saturated rings. The normalized spacial score (nSPS) is 23.6. The van der Waals surface area contributed by atoms with Crippen molar-refractivity contribution in [3.8, 4) is 0 Å². The van der Waals surface area contributed by atoms with Crippen LogP contribution in [0.15, 0.2) is 30.3 Å². The van der Waals surface area contributed by atoms with Crippen molar-refractivity contribution in [2.75, 3.05) is 11.4 Å². The summed E-state index contributed by atoms with van der Waals surface area (Å²) >= 11 is 1.40. The molecule has 2 aromatic rings. The molecule has 1 aliphatic heterocycles. The lowest BCUT2D eigenvalue weighted by Crippen LogP contribution is -2.24. The zero-order valence-electron chi connectivity index (χ0n) is 10.2. The lowest BCUT2D eigenvalue weighted by molar-refractivity contribution is 0.194. The minimum absolute atomic E-state index is 0.202. The van der Waals surface area contributed by atoms with E-state index in [0.29, 0.717) is 6.54 Å². The van der Waals surface area contributed by atoms with Gasteiger partial charge in [0, 0.05) is 18.1 Å². The van der Waals surface area contributed by atoms with E-state index < -0.39 is 0 Å². The van der Waals surface area contributed by atoms with E-state index in [-0.39, 0.29) is 12.1 Å². The third-order valence-corrected chi connectivity index (χ3v) is 4.07. The second-order valence-corrected chi connectivity index (χ2v) is 5.32. The first-order chi connectivity index (χ1) is 8.74. The average Bonchev–Trinajstić information content (AvgIpc) is 2.96. The SMILES string of the molecule is Cc1nsc(N2C[C@@H](O)C[C@@H]2c2ccccc2)n1. The summed E-state index contributed by atoms with van der Waals surface area (Å²) in [6.45, 7) is 2.53. The third-order valence-electron chi connectivity index (χ3n) is 3.23. The molecule has 0 radical (unpaired) electrons. The number of aliphatic hydroxyl groups is 1. The van der Waals surface area contributed by atoms with E-state index in [2.05, 4.69) is 26.4 Å². The molecule has 4 nitrogen and oxygen atoms in total. The number of rotatable bonds is 2. The number of hydrogen-bond acceptors (Lipinski definition) is 5. The Bertz CT molecular complexity index is 528.